The minimum atomic E-state index is 0.163. The molecule has 0 fully saturated rings. The van der Waals surface area contributed by atoms with Crippen molar-refractivity contribution in [1.29, 1.82) is 0 Å². The molecule has 2 aromatic carbocycles. The highest BCUT2D eigenvalue weighted by molar-refractivity contribution is 5.76. The highest BCUT2D eigenvalue weighted by atomic mass is 16.7. The first kappa shape index (κ1) is 14.3. The van der Waals surface area contributed by atoms with Gasteiger partial charge >= 0.3 is 0 Å². The van der Waals surface area contributed by atoms with Crippen molar-refractivity contribution in [1.82, 2.24) is 5.48 Å². The molecule has 0 saturated heterocycles. The maximum absolute atomic E-state index is 5.40. The second-order valence-corrected chi connectivity index (χ2v) is 5.43. The SMILES string of the molecule is COCCONC(C)c1ccc2c(c1)Cc1ccccc1-2. The maximum atomic E-state index is 5.40. The molecule has 1 aliphatic rings. The van der Waals surface area contributed by atoms with Crippen molar-refractivity contribution >= 4 is 0 Å². The molecule has 0 aliphatic heterocycles. The lowest BCUT2D eigenvalue weighted by atomic mass is 10.0. The Hall–Kier alpha value is -1.68. The van der Waals surface area contributed by atoms with Gasteiger partial charge in [0.2, 0.25) is 0 Å². The largest absolute Gasteiger partial charge is 0.382 e. The highest BCUT2D eigenvalue weighted by Crippen LogP contribution is 2.37. The Kier molecular flexibility index (Phi) is 4.34. The molecular formula is C18H21NO2. The number of hydrogen-bond acceptors (Lipinski definition) is 3. The molecular weight excluding hydrogens is 262 g/mol. The van der Waals surface area contributed by atoms with Gasteiger partial charge in [-0.3, -0.25) is 4.84 Å². The third-order valence-corrected chi connectivity index (χ3v) is 3.97. The van der Waals surface area contributed by atoms with E-state index in [-0.39, 0.29) is 6.04 Å². The molecule has 1 aliphatic carbocycles. The van der Waals surface area contributed by atoms with Gasteiger partial charge in [0, 0.05) is 7.11 Å². The zero-order valence-electron chi connectivity index (χ0n) is 12.6. The third kappa shape index (κ3) is 3.00. The molecule has 3 rings (SSSR count). The smallest absolute Gasteiger partial charge is 0.0916 e. The molecule has 0 saturated carbocycles. The van der Waals surface area contributed by atoms with Crippen LogP contribution < -0.4 is 5.48 Å². The quantitative estimate of drug-likeness (QED) is 0.555. The van der Waals surface area contributed by atoms with E-state index in [9.17, 15) is 0 Å². The lowest BCUT2D eigenvalue weighted by molar-refractivity contribution is -0.00925. The number of hydrogen-bond donors (Lipinski definition) is 1. The van der Waals surface area contributed by atoms with E-state index in [2.05, 4.69) is 54.9 Å². The summed E-state index contributed by atoms with van der Waals surface area (Å²) < 4.78 is 4.96. The van der Waals surface area contributed by atoms with Crippen LogP contribution in [0.15, 0.2) is 42.5 Å². The van der Waals surface area contributed by atoms with E-state index in [1.165, 1.54) is 27.8 Å². The zero-order chi connectivity index (χ0) is 14.7. The molecule has 2 aromatic rings. The minimum Gasteiger partial charge on any atom is -0.382 e. The monoisotopic (exact) mass is 283 g/mol. The number of fused-ring (bicyclic) bond motifs is 3. The van der Waals surface area contributed by atoms with Crippen molar-refractivity contribution in [2.75, 3.05) is 20.3 Å². The van der Waals surface area contributed by atoms with Crippen LogP contribution in [0.1, 0.15) is 29.7 Å². The number of ether oxygens (including phenoxy) is 1. The molecule has 0 bridgehead atoms. The van der Waals surface area contributed by atoms with Crippen molar-refractivity contribution in [3.63, 3.8) is 0 Å². The Morgan fingerprint density at radius 1 is 1.05 bits per heavy atom. The fraction of sp³-hybridized carbons (Fsp3) is 0.333. The number of nitrogens with one attached hydrogen (secondary N) is 1. The van der Waals surface area contributed by atoms with E-state index in [1.54, 1.807) is 7.11 Å². The Labute approximate surface area is 125 Å². The van der Waals surface area contributed by atoms with Crippen LogP contribution in [0.5, 0.6) is 0 Å². The zero-order valence-corrected chi connectivity index (χ0v) is 12.6. The number of benzene rings is 2. The maximum Gasteiger partial charge on any atom is 0.0916 e. The van der Waals surface area contributed by atoms with Crippen LogP contribution in [0.3, 0.4) is 0 Å². The summed E-state index contributed by atoms with van der Waals surface area (Å²) in [5.41, 5.74) is 9.87. The second kappa shape index (κ2) is 6.39. The highest BCUT2D eigenvalue weighted by Gasteiger charge is 2.18. The normalized spacial score (nSPS) is 13.8. The molecule has 3 nitrogen and oxygen atoms in total. The van der Waals surface area contributed by atoms with E-state index in [0.29, 0.717) is 13.2 Å². The summed E-state index contributed by atoms with van der Waals surface area (Å²) in [5, 5.41) is 0. The summed E-state index contributed by atoms with van der Waals surface area (Å²) in [6.45, 7) is 3.26. The molecule has 0 amide bonds. The van der Waals surface area contributed by atoms with Crippen LogP contribution in [0.2, 0.25) is 0 Å². The summed E-state index contributed by atoms with van der Waals surface area (Å²) in [6, 6.07) is 15.5. The summed E-state index contributed by atoms with van der Waals surface area (Å²) in [4.78, 5) is 5.40. The third-order valence-electron chi connectivity index (χ3n) is 3.97. The van der Waals surface area contributed by atoms with E-state index < -0.39 is 0 Å². The van der Waals surface area contributed by atoms with Crippen molar-refractivity contribution < 1.29 is 9.57 Å². The van der Waals surface area contributed by atoms with E-state index in [0.717, 1.165) is 6.42 Å². The minimum absolute atomic E-state index is 0.163. The van der Waals surface area contributed by atoms with Crippen LogP contribution in [-0.4, -0.2) is 20.3 Å². The first-order chi connectivity index (χ1) is 10.3. The molecule has 0 heterocycles. The van der Waals surface area contributed by atoms with E-state index in [4.69, 9.17) is 9.57 Å². The van der Waals surface area contributed by atoms with Crippen molar-refractivity contribution in [3.05, 3.63) is 59.2 Å². The van der Waals surface area contributed by atoms with Crippen LogP contribution in [0, 0.1) is 0 Å². The van der Waals surface area contributed by atoms with Gasteiger partial charge in [-0.2, -0.15) is 5.48 Å². The summed E-state index contributed by atoms with van der Waals surface area (Å²) in [5.74, 6) is 0. The van der Waals surface area contributed by atoms with Gasteiger partial charge in [-0.25, -0.2) is 0 Å². The molecule has 1 atom stereocenters. The van der Waals surface area contributed by atoms with Crippen molar-refractivity contribution in [2.45, 2.75) is 19.4 Å². The molecule has 0 aromatic heterocycles. The van der Waals surface area contributed by atoms with Crippen LogP contribution in [0.4, 0.5) is 0 Å². The molecule has 1 unspecified atom stereocenters. The first-order valence-corrected chi connectivity index (χ1v) is 7.37. The van der Waals surface area contributed by atoms with Gasteiger partial charge in [-0.1, -0.05) is 42.5 Å². The van der Waals surface area contributed by atoms with Crippen LogP contribution in [0.25, 0.3) is 11.1 Å². The Bertz CT molecular complexity index is 624. The lowest BCUT2D eigenvalue weighted by Crippen LogP contribution is -2.21. The lowest BCUT2D eigenvalue weighted by Gasteiger charge is -2.15. The summed E-state index contributed by atoms with van der Waals surface area (Å²) >= 11 is 0. The van der Waals surface area contributed by atoms with Crippen LogP contribution >= 0.6 is 0 Å². The summed E-state index contributed by atoms with van der Waals surface area (Å²) in [6.07, 6.45) is 1.02. The van der Waals surface area contributed by atoms with Crippen LogP contribution in [-0.2, 0) is 16.0 Å². The predicted molar refractivity (Wildman–Crippen MR) is 84.1 cm³/mol. The van der Waals surface area contributed by atoms with E-state index in [1.807, 2.05) is 0 Å². The Morgan fingerprint density at radius 2 is 1.86 bits per heavy atom. The topological polar surface area (TPSA) is 30.5 Å². The average molecular weight is 283 g/mol. The van der Waals surface area contributed by atoms with Gasteiger partial charge < -0.3 is 4.74 Å². The van der Waals surface area contributed by atoms with Crippen molar-refractivity contribution in [2.24, 2.45) is 0 Å². The fourth-order valence-corrected chi connectivity index (χ4v) is 2.81. The Morgan fingerprint density at radius 3 is 2.71 bits per heavy atom. The number of rotatable bonds is 6. The molecule has 110 valence electrons. The molecule has 1 N–H and O–H groups in total. The average Bonchev–Trinajstić information content (AvgIpc) is 2.89. The van der Waals surface area contributed by atoms with Gasteiger partial charge in [0.25, 0.3) is 0 Å². The number of hydroxylamine groups is 1. The summed E-state index contributed by atoms with van der Waals surface area (Å²) in [7, 11) is 1.67. The van der Waals surface area contributed by atoms with Gasteiger partial charge in [-0.05, 0) is 41.2 Å². The Balaban J connectivity index is 1.71. The fourth-order valence-electron chi connectivity index (χ4n) is 2.81. The van der Waals surface area contributed by atoms with Crippen molar-refractivity contribution in [3.8, 4) is 11.1 Å². The van der Waals surface area contributed by atoms with Gasteiger partial charge in [0.15, 0.2) is 0 Å². The van der Waals surface area contributed by atoms with E-state index >= 15 is 0 Å². The van der Waals surface area contributed by atoms with Gasteiger partial charge in [-0.15, -0.1) is 0 Å². The molecule has 3 heteroatoms. The predicted octanol–water partition coefficient (Wildman–Crippen LogP) is 3.49. The van der Waals surface area contributed by atoms with Gasteiger partial charge in [0.05, 0.1) is 19.3 Å². The van der Waals surface area contributed by atoms with Gasteiger partial charge in [0.1, 0.15) is 0 Å². The second-order valence-electron chi connectivity index (χ2n) is 5.43. The standard InChI is InChI=1S/C18H21NO2/c1-13(19-21-10-9-20-2)14-7-8-18-16(11-14)12-15-5-3-4-6-17(15)18/h3-8,11,13,19H,9-10,12H2,1-2H3. The molecule has 21 heavy (non-hydrogen) atoms. The molecule has 0 spiro atoms. The first-order valence-electron chi connectivity index (χ1n) is 7.37. The number of methoxy groups -OCH3 is 1. The molecule has 0 radical (unpaired) electrons.